The van der Waals surface area contributed by atoms with Crippen LogP contribution in [0.3, 0.4) is 0 Å². The number of nitrogens with zero attached hydrogens (tertiary/aromatic N) is 2. The lowest BCUT2D eigenvalue weighted by atomic mass is 10.2. The summed E-state index contributed by atoms with van der Waals surface area (Å²) in [7, 11) is -3.32. The van der Waals surface area contributed by atoms with Crippen LogP contribution in [0.2, 0.25) is 0 Å². The number of sulfonamides is 1. The van der Waals surface area contributed by atoms with Crippen LogP contribution in [0.4, 0.5) is 0 Å². The van der Waals surface area contributed by atoms with Crippen molar-refractivity contribution in [1.29, 1.82) is 5.26 Å². The number of hydrogen-bond donors (Lipinski definition) is 1. The summed E-state index contributed by atoms with van der Waals surface area (Å²) < 4.78 is 26.4. The van der Waals surface area contributed by atoms with Gasteiger partial charge in [-0.25, -0.2) is 8.42 Å². The van der Waals surface area contributed by atoms with E-state index in [1.165, 1.54) is 15.6 Å². The van der Waals surface area contributed by atoms with Gasteiger partial charge in [0.15, 0.2) is 6.04 Å². The minimum atomic E-state index is -3.32. The van der Waals surface area contributed by atoms with Gasteiger partial charge in [-0.1, -0.05) is 6.07 Å². The Morgan fingerprint density at radius 3 is 2.67 bits per heavy atom. The van der Waals surface area contributed by atoms with E-state index >= 15 is 0 Å². The average molecular weight is 286 g/mol. The summed E-state index contributed by atoms with van der Waals surface area (Å²) in [6.45, 7) is 4.24. The smallest absolute Gasteiger partial charge is 0.252 e. The molecule has 0 aromatic carbocycles. The molecule has 1 aliphatic rings. The quantitative estimate of drug-likeness (QED) is 0.818. The Hall–Kier alpha value is -0.940. The maximum atomic E-state index is 12.3. The average Bonchev–Trinajstić information content (AvgIpc) is 2.92. The van der Waals surface area contributed by atoms with Crippen LogP contribution in [0.25, 0.3) is 0 Å². The Bertz CT molecular complexity index is 525. The van der Waals surface area contributed by atoms with Gasteiger partial charge >= 0.3 is 0 Å². The third kappa shape index (κ3) is 2.57. The molecular weight excluding hydrogens is 270 g/mol. The van der Waals surface area contributed by atoms with Gasteiger partial charge in [0.05, 0.1) is 26.2 Å². The maximum absolute atomic E-state index is 12.3. The lowest BCUT2D eigenvalue weighted by Crippen LogP contribution is -3.17. The van der Waals surface area contributed by atoms with E-state index in [1.807, 2.05) is 6.92 Å². The molecule has 1 N–H and O–H groups in total. The Balaban J connectivity index is 2.05. The largest absolute Gasteiger partial charge is 0.319 e. The zero-order valence-corrected chi connectivity index (χ0v) is 11.8. The van der Waals surface area contributed by atoms with Crippen LogP contribution in [-0.2, 0) is 10.0 Å². The van der Waals surface area contributed by atoms with Crippen molar-refractivity contribution >= 4 is 21.4 Å². The number of quaternary nitrogens is 1. The zero-order chi connectivity index (χ0) is 13.2. The SMILES string of the molecule is C[C@H](C#N)[NH+]1CCN(S(=O)(=O)c2cccs2)CC1. The number of piperazine rings is 1. The van der Waals surface area contributed by atoms with Crippen LogP contribution in [0.15, 0.2) is 21.7 Å². The van der Waals surface area contributed by atoms with Crippen molar-refractivity contribution in [3.8, 4) is 6.07 Å². The minimum absolute atomic E-state index is 0.0726. The summed E-state index contributed by atoms with van der Waals surface area (Å²) in [5.74, 6) is 0. The second-order valence-corrected chi connectivity index (χ2v) is 7.46. The summed E-state index contributed by atoms with van der Waals surface area (Å²) in [5.41, 5.74) is 0. The van der Waals surface area contributed by atoms with Gasteiger partial charge in [0.2, 0.25) is 0 Å². The molecule has 0 bridgehead atoms. The lowest BCUT2D eigenvalue weighted by molar-refractivity contribution is -0.918. The number of nitriles is 1. The van der Waals surface area contributed by atoms with Crippen molar-refractivity contribution in [3.63, 3.8) is 0 Å². The molecule has 1 aliphatic heterocycles. The van der Waals surface area contributed by atoms with Gasteiger partial charge in [-0.3, -0.25) is 0 Å². The summed E-state index contributed by atoms with van der Waals surface area (Å²) >= 11 is 1.25. The molecule has 1 aromatic heterocycles. The van der Waals surface area contributed by atoms with Crippen LogP contribution in [0, 0.1) is 11.3 Å². The third-order valence-electron chi connectivity index (χ3n) is 3.26. The Kier molecular flexibility index (Phi) is 4.02. The molecule has 1 atom stereocenters. The fraction of sp³-hybridized carbons (Fsp3) is 0.545. The van der Waals surface area contributed by atoms with E-state index in [0.717, 1.165) is 4.90 Å². The number of nitrogens with one attached hydrogen (secondary N) is 1. The fourth-order valence-corrected chi connectivity index (χ4v) is 4.66. The van der Waals surface area contributed by atoms with Crippen molar-refractivity contribution in [2.24, 2.45) is 0 Å². The molecule has 1 fully saturated rings. The molecule has 0 amide bonds. The van der Waals surface area contributed by atoms with Crippen LogP contribution in [-0.4, -0.2) is 44.9 Å². The van der Waals surface area contributed by atoms with Gasteiger partial charge in [-0.2, -0.15) is 9.57 Å². The standard InChI is InChI=1S/C11H15N3O2S2/c1-10(9-12)13-4-6-14(7-5-13)18(15,16)11-3-2-8-17-11/h2-3,8,10H,4-7H2,1H3/p+1/t10-/m1/s1. The first kappa shape index (κ1) is 13.5. The molecule has 1 aromatic rings. The fourth-order valence-electron chi connectivity index (χ4n) is 2.08. The van der Waals surface area contributed by atoms with Gasteiger partial charge in [-0.05, 0) is 11.4 Å². The monoisotopic (exact) mass is 286 g/mol. The van der Waals surface area contributed by atoms with Gasteiger partial charge in [0, 0.05) is 6.92 Å². The van der Waals surface area contributed by atoms with E-state index in [-0.39, 0.29) is 6.04 Å². The molecule has 0 aliphatic carbocycles. The summed E-state index contributed by atoms with van der Waals surface area (Å²) in [6.07, 6.45) is 0. The minimum Gasteiger partial charge on any atom is -0.319 e. The van der Waals surface area contributed by atoms with Crippen molar-refractivity contribution in [2.75, 3.05) is 26.2 Å². The summed E-state index contributed by atoms with van der Waals surface area (Å²) in [4.78, 5) is 1.16. The Morgan fingerprint density at radius 2 is 2.17 bits per heavy atom. The highest BCUT2D eigenvalue weighted by Crippen LogP contribution is 2.20. The number of thiophene rings is 1. The molecule has 5 nitrogen and oxygen atoms in total. The zero-order valence-electron chi connectivity index (χ0n) is 10.2. The molecule has 18 heavy (non-hydrogen) atoms. The van der Waals surface area contributed by atoms with Crippen LogP contribution in [0.1, 0.15) is 6.92 Å². The molecule has 0 spiro atoms. The second kappa shape index (κ2) is 5.36. The number of rotatable bonds is 3. The van der Waals surface area contributed by atoms with Crippen LogP contribution >= 0.6 is 11.3 Å². The summed E-state index contributed by atoms with van der Waals surface area (Å²) in [5, 5.41) is 10.6. The van der Waals surface area contributed by atoms with E-state index in [2.05, 4.69) is 6.07 Å². The van der Waals surface area contributed by atoms with Gasteiger partial charge < -0.3 is 4.90 Å². The van der Waals surface area contributed by atoms with E-state index in [1.54, 1.807) is 17.5 Å². The molecular formula is C11H16N3O2S2+. The first-order chi connectivity index (χ1) is 8.55. The molecule has 98 valence electrons. The highest BCUT2D eigenvalue weighted by atomic mass is 32.2. The van der Waals surface area contributed by atoms with Crippen molar-refractivity contribution in [3.05, 3.63) is 17.5 Å². The van der Waals surface area contributed by atoms with Crippen molar-refractivity contribution in [2.45, 2.75) is 17.2 Å². The second-order valence-electron chi connectivity index (χ2n) is 4.35. The normalized spacial score (nSPS) is 20.4. The highest BCUT2D eigenvalue weighted by molar-refractivity contribution is 7.91. The van der Waals surface area contributed by atoms with Gasteiger partial charge in [-0.15, -0.1) is 11.3 Å². The van der Waals surface area contributed by atoms with E-state index < -0.39 is 10.0 Å². The molecule has 2 heterocycles. The predicted octanol–water partition coefficient (Wildman–Crippen LogP) is -0.451. The summed E-state index contributed by atoms with van der Waals surface area (Å²) in [6, 6.07) is 5.52. The van der Waals surface area contributed by atoms with Crippen molar-refractivity contribution < 1.29 is 13.3 Å². The van der Waals surface area contributed by atoms with Gasteiger partial charge in [0.1, 0.15) is 10.3 Å². The molecule has 2 rings (SSSR count). The Labute approximate surface area is 111 Å². The van der Waals surface area contributed by atoms with E-state index in [9.17, 15) is 8.42 Å². The third-order valence-corrected chi connectivity index (χ3v) is 6.53. The number of hydrogen-bond acceptors (Lipinski definition) is 4. The highest BCUT2D eigenvalue weighted by Gasteiger charge is 2.32. The molecule has 0 radical (unpaired) electrons. The van der Waals surface area contributed by atoms with E-state index in [0.29, 0.717) is 30.4 Å². The lowest BCUT2D eigenvalue weighted by Gasteiger charge is -2.32. The first-order valence-corrected chi connectivity index (χ1v) is 8.15. The van der Waals surface area contributed by atoms with Crippen molar-refractivity contribution in [1.82, 2.24) is 4.31 Å². The van der Waals surface area contributed by atoms with Gasteiger partial charge in [0.25, 0.3) is 10.0 Å². The first-order valence-electron chi connectivity index (χ1n) is 5.83. The van der Waals surface area contributed by atoms with Crippen LogP contribution in [0.5, 0.6) is 0 Å². The molecule has 7 heteroatoms. The maximum Gasteiger partial charge on any atom is 0.252 e. The molecule has 0 unspecified atom stereocenters. The molecule has 1 saturated heterocycles. The topological polar surface area (TPSA) is 65.6 Å². The molecule has 0 saturated carbocycles. The Morgan fingerprint density at radius 1 is 1.50 bits per heavy atom. The predicted molar refractivity (Wildman–Crippen MR) is 68.8 cm³/mol. The van der Waals surface area contributed by atoms with Crippen LogP contribution < -0.4 is 4.90 Å². The van der Waals surface area contributed by atoms with E-state index in [4.69, 9.17) is 5.26 Å².